The molecule has 4 aliphatic rings. The summed E-state index contributed by atoms with van der Waals surface area (Å²) >= 11 is 1.41. The Morgan fingerprint density at radius 1 is 0.976 bits per heavy atom. The van der Waals surface area contributed by atoms with Crippen LogP contribution < -0.4 is 10.4 Å². The van der Waals surface area contributed by atoms with Gasteiger partial charge in [0.05, 0.1) is 6.04 Å². The van der Waals surface area contributed by atoms with Gasteiger partial charge in [-0.25, -0.2) is 8.78 Å². The number of amides is 1. The molecule has 2 saturated carbocycles. The highest BCUT2D eigenvalue weighted by molar-refractivity contribution is 7.98. The molecule has 3 aromatic rings. The summed E-state index contributed by atoms with van der Waals surface area (Å²) in [5, 5.41) is 12.7. The SMILES string of the molecule is O=C(CC1CC1)CC1CC(N2CN([C@@H]3c4ccccc4SCc4c3ccc(F)c4F)n3ccc(=O)c(O)c3C2=O)C1. The van der Waals surface area contributed by atoms with E-state index in [9.17, 15) is 23.9 Å². The van der Waals surface area contributed by atoms with Crippen LogP contribution in [0, 0.1) is 23.5 Å². The maximum Gasteiger partial charge on any atom is 0.278 e. The van der Waals surface area contributed by atoms with Crippen molar-refractivity contribution in [2.45, 2.75) is 61.3 Å². The first-order valence-electron chi connectivity index (χ1n) is 14.0. The van der Waals surface area contributed by atoms with Crippen LogP contribution in [0.2, 0.25) is 0 Å². The van der Waals surface area contributed by atoms with Crippen molar-refractivity contribution in [3.63, 3.8) is 0 Å². The number of carbonyl (C=O) groups excluding carboxylic acids is 2. The number of carbonyl (C=O) groups is 2. The topological polar surface area (TPSA) is 82.8 Å². The lowest BCUT2D eigenvalue weighted by Crippen LogP contribution is -2.60. The number of halogens is 2. The third kappa shape index (κ3) is 4.52. The maximum atomic E-state index is 15.2. The second-order valence-corrected chi connectivity index (χ2v) is 12.6. The van der Waals surface area contributed by atoms with Gasteiger partial charge in [0.1, 0.15) is 12.5 Å². The molecule has 1 atom stereocenters. The molecule has 0 spiro atoms. The van der Waals surface area contributed by atoms with E-state index in [0.717, 1.165) is 29.4 Å². The largest absolute Gasteiger partial charge is 0.502 e. The van der Waals surface area contributed by atoms with Crippen molar-refractivity contribution in [2.75, 3.05) is 11.7 Å². The van der Waals surface area contributed by atoms with Crippen LogP contribution >= 0.6 is 11.8 Å². The number of pyridine rings is 1. The van der Waals surface area contributed by atoms with Crippen LogP contribution in [0.4, 0.5) is 8.78 Å². The Bertz CT molecular complexity index is 1630. The van der Waals surface area contributed by atoms with Crippen molar-refractivity contribution in [2.24, 2.45) is 11.8 Å². The summed E-state index contributed by atoms with van der Waals surface area (Å²) < 4.78 is 31.1. The molecule has 0 bridgehead atoms. The Kier molecular flexibility index (Phi) is 6.41. The Morgan fingerprint density at radius 2 is 1.73 bits per heavy atom. The fourth-order valence-corrected chi connectivity index (χ4v) is 7.61. The van der Waals surface area contributed by atoms with Crippen LogP contribution in [0.3, 0.4) is 0 Å². The highest BCUT2D eigenvalue weighted by Crippen LogP contribution is 2.45. The molecule has 0 unspecified atom stereocenters. The maximum absolute atomic E-state index is 15.2. The molecule has 1 amide bonds. The van der Waals surface area contributed by atoms with Gasteiger partial charge in [-0.1, -0.05) is 24.3 Å². The number of fused-ring (bicyclic) bond motifs is 3. The fourth-order valence-electron chi connectivity index (χ4n) is 6.50. The van der Waals surface area contributed by atoms with Gasteiger partial charge < -0.3 is 10.0 Å². The second-order valence-electron chi connectivity index (χ2n) is 11.6. The normalized spacial score (nSPS) is 23.3. The molecule has 0 saturated heterocycles. The van der Waals surface area contributed by atoms with Gasteiger partial charge in [-0.05, 0) is 60.8 Å². The van der Waals surface area contributed by atoms with E-state index in [1.807, 2.05) is 29.3 Å². The first kappa shape index (κ1) is 26.3. The number of rotatable bonds is 6. The zero-order valence-electron chi connectivity index (χ0n) is 22.3. The van der Waals surface area contributed by atoms with E-state index < -0.39 is 34.8 Å². The van der Waals surface area contributed by atoms with Crippen molar-refractivity contribution in [3.8, 4) is 5.75 Å². The summed E-state index contributed by atoms with van der Waals surface area (Å²) in [7, 11) is 0. The van der Waals surface area contributed by atoms with E-state index in [0.29, 0.717) is 37.2 Å². The standard InChI is InChI=1S/C31H29F2N3O4S/c32-24-8-7-21-23(27(24)33)15-41-26-4-2-1-3-22(26)28(21)36-16-34(31(40)29-30(39)25(38)9-10-35(29)36)19-11-18(12-19)14-20(37)13-17-5-6-17/h1-4,7-10,17-19,28,39H,5-6,11-16H2/t18?,19?,28-/m0/s1. The van der Waals surface area contributed by atoms with Gasteiger partial charge in [0.2, 0.25) is 5.43 Å². The van der Waals surface area contributed by atoms with Crippen molar-refractivity contribution >= 4 is 23.5 Å². The monoisotopic (exact) mass is 577 g/mol. The van der Waals surface area contributed by atoms with E-state index in [2.05, 4.69) is 0 Å². The average molecular weight is 578 g/mol. The van der Waals surface area contributed by atoms with Crippen LogP contribution in [0.25, 0.3) is 0 Å². The molecule has 2 aliphatic heterocycles. The minimum atomic E-state index is -0.928. The van der Waals surface area contributed by atoms with Gasteiger partial charge in [0, 0.05) is 47.4 Å². The Labute approximate surface area is 239 Å². The Balaban J connectivity index is 1.29. The third-order valence-electron chi connectivity index (χ3n) is 8.88. The minimum absolute atomic E-state index is 0.101. The Hall–Kier alpha value is -3.66. The van der Waals surface area contributed by atoms with Gasteiger partial charge >= 0.3 is 0 Å². The summed E-state index contributed by atoms with van der Waals surface area (Å²) in [4.78, 5) is 41.3. The summed E-state index contributed by atoms with van der Waals surface area (Å²) in [6, 6.07) is 10.7. The van der Waals surface area contributed by atoms with E-state index in [4.69, 9.17) is 0 Å². The van der Waals surface area contributed by atoms with Crippen LogP contribution in [0.15, 0.2) is 58.4 Å². The molecule has 2 aliphatic carbocycles. The molecule has 0 radical (unpaired) electrons. The van der Waals surface area contributed by atoms with Gasteiger partial charge in [-0.2, -0.15) is 0 Å². The van der Waals surface area contributed by atoms with Gasteiger partial charge in [-0.15, -0.1) is 11.8 Å². The quantitative estimate of drug-likeness (QED) is 0.438. The molecular formula is C31H29F2N3O4S. The predicted octanol–water partition coefficient (Wildman–Crippen LogP) is 5.12. The van der Waals surface area contributed by atoms with Crippen LogP contribution in [-0.2, 0) is 10.5 Å². The lowest BCUT2D eigenvalue weighted by Gasteiger charge is -2.50. The summed E-state index contributed by atoms with van der Waals surface area (Å²) in [5.41, 5.74) is 0.809. The number of Topliss-reactive ketones (excluding diaryl/α,β-unsaturated/α-hetero) is 1. The lowest BCUT2D eigenvalue weighted by molar-refractivity contribution is -0.121. The van der Waals surface area contributed by atoms with E-state index >= 15 is 4.39 Å². The molecule has 1 N–H and O–H groups in total. The molecule has 212 valence electrons. The number of ketones is 1. The van der Waals surface area contributed by atoms with Crippen LogP contribution in [-0.4, -0.2) is 39.1 Å². The summed E-state index contributed by atoms with van der Waals surface area (Å²) in [6.45, 7) is 0.101. The molecule has 10 heteroatoms. The first-order chi connectivity index (χ1) is 19.8. The lowest BCUT2D eigenvalue weighted by atomic mass is 9.76. The second kappa shape index (κ2) is 10.0. The van der Waals surface area contributed by atoms with E-state index in [1.54, 1.807) is 11.0 Å². The van der Waals surface area contributed by atoms with Gasteiger partial charge in [0.25, 0.3) is 5.91 Å². The molecule has 7 nitrogen and oxygen atoms in total. The fraction of sp³-hybridized carbons (Fsp3) is 0.387. The number of hydrogen-bond acceptors (Lipinski definition) is 6. The number of hydrogen-bond donors (Lipinski definition) is 1. The van der Waals surface area contributed by atoms with E-state index in [-0.39, 0.29) is 41.4 Å². The first-order valence-corrected chi connectivity index (χ1v) is 15.0. The molecule has 41 heavy (non-hydrogen) atoms. The van der Waals surface area contributed by atoms with Gasteiger partial charge in [0.15, 0.2) is 23.1 Å². The number of aromatic hydroxyl groups is 1. The average Bonchev–Trinajstić information content (AvgIpc) is 3.77. The molecule has 2 aromatic carbocycles. The zero-order chi connectivity index (χ0) is 28.4. The van der Waals surface area contributed by atoms with Crippen molar-refractivity contribution in [1.29, 1.82) is 0 Å². The molecular weight excluding hydrogens is 548 g/mol. The number of thioether (sulfide) groups is 1. The zero-order valence-corrected chi connectivity index (χ0v) is 23.1. The van der Waals surface area contributed by atoms with Gasteiger partial charge in [-0.3, -0.25) is 24.1 Å². The smallest absolute Gasteiger partial charge is 0.278 e. The number of nitrogens with zero attached hydrogens (tertiary/aromatic N) is 3. The van der Waals surface area contributed by atoms with Crippen molar-refractivity contribution in [3.05, 3.63) is 92.9 Å². The molecule has 3 heterocycles. The minimum Gasteiger partial charge on any atom is -0.502 e. The highest BCUT2D eigenvalue weighted by Gasteiger charge is 2.45. The van der Waals surface area contributed by atoms with E-state index in [1.165, 1.54) is 28.7 Å². The Morgan fingerprint density at radius 3 is 2.51 bits per heavy atom. The van der Waals surface area contributed by atoms with Crippen molar-refractivity contribution < 1.29 is 23.5 Å². The van der Waals surface area contributed by atoms with Crippen LogP contribution in [0.1, 0.15) is 71.7 Å². The summed E-state index contributed by atoms with van der Waals surface area (Å²) in [5.74, 6) is -1.72. The third-order valence-corrected chi connectivity index (χ3v) is 10.00. The van der Waals surface area contributed by atoms with Crippen LogP contribution in [0.5, 0.6) is 5.75 Å². The summed E-state index contributed by atoms with van der Waals surface area (Å²) in [6.07, 6.45) is 6.16. The van der Waals surface area contributed by atoms with Crippen molar-refractivity contribution in [1.82, 2.24) is 9.58 Å². The number of aromatic nitrogens is 1. The predicted molar refractivity (Wildman–Crippen MR) is 149 cm³/mol. The molecule has 7 rings (SSSR count). The molecule has 2 fully saturated rings. The number of benzene rings is 2. The highest BCUT2D eigenvalue weighted by atomic mass is 32.2. The molecule has 1 aromatic heterocycles.